The van der Waals surface area contributed by atoms with Crippen LogP contribution in [0.4, 0.5) is 0 Å². The van der Waals surface area contributed by atoms with Gasteiger partial charge in [-0.1, -0.05) is 41.5 Å². The Kier molecular flexibility index (Phi) is 5.50. The van der Waals surface area contributed by atoms with Crippen LogP contribution in [-0.2, 0) is 0 Å². The molecule has 0 spiro atoms. The molecule has 1 N–H and O–H groups in total. The first kappa shape index (κ1) is 15.0. The molecule has 0 aromatic heterocycles. The van der Waals surface area contributed by atoms with Crippen LogP contribution in [0.25, 0.3) is 0 Å². The predicted octanol–water partition coefficient (Wildman–Crippen LogP) is 4.47. The molecule has 0 bridgehead atoms. The van der Waals surface area contributed by atoms with Crippen molar-refractivity contribution in [1.29, 1.82) is 0 Å². The van der Waals surface area contributed by atoms with Crippen molar-refractivity contribution in [3.8, 4) is 0 Å². The Balaban J connectivity index is 2.68. The van der Waals surface area contributed by atoms with Gasteiger partial charge in [0.15, 0.2) is 0 Å². The van der Waals surface area contributed by atoms with Gasteiger partial charge >= 0.3 is 0 Å². The third-order valence-corrected chi connectivity index (χ3v) is 4.23. The molecule has 1 fully saturated rings. The number of rotatable bonds is 4. The van der Waals surface area contributed by atoms with Crippen molar-refractivity contribution < 1.29 is 0 Å². The van der Waals surface area contributed by atoms with Crippen molar-refractivity contribution >= 4 is 0 Å². The topological polar surface area (TPSA) is 12.0 Å². The molecule has 0 radical (unpaired) electrons. The van der Waals surface area contributed by atoms with Gasteiger partial charge in [0.1, 0.15) is 0 Å². The highest BCUT2D eigenvalue weighted by atomic mass is 14.9. The van der Waals surface area contributed by atoms with E-state index in [9.17, 15) is 0 Å². The Bertz CT molecular complexity index is 206. The van der Waals surface area contributed by atoms with Crippen molar-refractivity contribution in [3.63, 3.8) is 0 Å². The Labute approximate surface area is 109 Å². The maximum Gasteiger partial charge on any atom is 0.0144 e. The molecule has 1 saturated carbocycles. The number of nitrogens with one attached hydrogen (secondary N) is 1. The van der Waals surface area contributed by atoms with Gasteiger partial charge in [0.2, 0.25) is 0 Å². The molecule has 0 aromatic rings. The number of hydrogen-bond acceptors (Lipinski definition) is 1. The average Bonchev–Trinajstić information content (AvgIpc) is 2.14. The van der Waals surface area contributed by atoms with Gasteiger partial charge in [-0.3, -0.25) is 0 Å². The number of hydrogen-bond donors (Lipinski definition) is 1. The summed E-state index contributed by atoms with van der Waals surface area (Å²) in [5.41, 5.74) is 0.386. The molecule has 0 aliphatic heterocycles. The van der Waals surface area contributed by atoms with Crippen molar-refractivity contribution in [2.45, 2.75) is 73.3 Å². The van der Waals surface area contributed by atoms with Crippen LogP contribution in [0, 0.1) is 23.2 Å². The van der Waals surface area contributed by atoms with E-state index < -0.39 is 0 Å². The fourth-order valence-corrected chi connectivity index (χ4v) is 3.76. The van der Waals surface area contributed by atoms with Gasteiger partial charge in [0, 0.05) is 6.04 Å². The lowest BCUT2D eigenvalue weighted by atomic mass is 9.68. The maximum atomic E-state index is 3.82. The monoisotopic (exact) mass is 239 g/mol. The SMILES string of the molecule is CCCNC(C1CC(C)CC(C)C1)C(C)(C)C. The summed E-state index contributed by atoms with van der Waals surface area (Å²) in [5, 5.41) is 3.82. The molecular weight excluding hydrogens is 206 g/mol. The molecule has 1 aliphatic carbocycles. The van der Waals surface area contributed by atoms with E-state index in [4.69, 9.17) is 0 Å². The van der Waals surface area contributed by atoms with Crippen LogP contribution >= 0.6 is 0 Å². The van der Waals surface area contributed by atoms with Gasteiger partial charge in [-0.05, 0) is 55.4 Å². The van der Waals surface area contributed by atoms with E-state index in [2.05, 4.69) is 46.9 Å². The Morgan fingerprint density at radius 2 is 1.59 bits per heavy atom. The largest absolute Gasteiger partial charge is 0.313 e. The quantitative estimate of drug-likeness (QED) is 0.763. The van der Waals surface area contributed by atoms with Crippen LogP contribution in [0.5, 0.6) is 0 Å². The zero-order valence-electron chi connectivity index (χ0n) is 12.8. The molecule has 0 heterocycles. The minimum absolute atomic E-state index is 0.386. The smallest absolute Gasteiger partial charge is 0.0144 e. The molecule has 1 aliphatic rings. The fraction of sp³-hybridized carbons (Fsp3) is 1.00. The van der Waals surface area contributed by atoms with E-state index in [1.807, 2.05) is 0 Å². The molecule has 0 saturated heterocycles. The highest BCUT2D eigenvalue weighted by Gasteiger charge is 2.35. The van der Waals surface area contributed by atoms with E-state index in [1.165, 1.54) is 32.2 Å². The Morgan fingerprint density at radius 1 is 1.06 bits per heavy atom. The Morgan fingerprint density at radius 3 is 2.00 bits per heavy atom. The summed E-state index contributed by atoms with van der Waals surface area (Å²) >= 11 is 0. The van der Waals surface area contributed by atoms with Crippen molar-refractivity contribution in [3.05, 3.63) is 0 Å². The second-order valence-corrected chi connectivity index (χ2v) is 7.48. The second kappa shape index (κ2) is 6.22. The van der Waals surface area contributed by atoms with Crippen LogP contribution in [0.2, 0.25) is 0 Å². The van der Waals surface area contributed by atoms with Crippen LogP contribution in [0.3, 0.4) is 0 Å². The van der Waals surface area contributed by atoms with Gasteiger partial charge in [-0.2, -0.15) is 0 Å². The van der Waals surface area contributed by atoms with E-state index in [0.717, 1.165) is 17.8 Å². The van der Waals surface area contributed by atoms with Gasteiger partial charge in [-0.25, -0.2) is 0 Å². The van der Waals surface area contributed by atoms with E-state index in [-0.39, 0.29) is 0 Å². The summed E-state index contributed by atoms with van der Waals surface area (Å²) in [6.07, 6.45) is 5.51. The van der Waals surface area contributed by atoms with Gasteiger partial charge in [0.25, 0.3) is 0 Å². The lowest BCUT2D eigenvalue weighted by Crippen LogP contribution is -2.48. The standard InChI is InChI=1S/C16H33N/c1-7-8-17-15(16(4,5)6)14-10-12(2)9-13(3)11-14/h12-15,17H,7-11H2,1-6H3. The normalized spacial score (nSPS) is 32.5. The van der Waals surface area contributed by atoms with Crippen LogP contribution in [0.1, 0.15) is 67.2 Å². The minimum Gasteiger partial charge on any atom is -0.313 e. The molecule has 17 heavy (non-hydrogen) atoms. The van der Waals surface area contributed by atoms with Crippen LogP contribution in [0.15, 0.2) is 0 Å². The minimum atomic E-state index is 0.386. The molecular formula is C16H33N. The first-order chi connectivity index (χ1) is 7.84. The van der Waals surface area contributed by atoms with E-state index >= 15 is 0 Å². The summed E-state index contributed by atoms with van der Waals surface area (Å²) in [4.78, 5) is 0. The molecule has 102 valence electrons. The summed E-state index contributed by atoms with van der Waals surface area (Å²) in [5.74, 6) is 2.70. The average molecular weight is 239 g/mol. The predicted molar refractivity (Wildman–Crippen MR) is 77.2 cm³/mol. The molecule has 3 atom stereocenters. The molecule has 1 rings (SSSR count). The van der Waals surface area contributed by atoms with Crippen LogP contribution in [-0.4, -0.2) is 12.6 Å². The molecule has 0 amide bonds. The summed E-state index contributed by atoms with van der Waals surface area (Å²) in [6, 6.07) is 0.688. The van der Waals surface area contributed by atoms with Crippen molar-refractivity contribution in [2.24, 2.45) is 23.2 Å². The summed E-state index contributed by atoms with van der Waals surface area (Å²) < 4.78 is 0. The molecule has 1 nitrogen and oxygen atoms in total. The van der Waals surface area contributed by atoms with Gasteiger partial charge in [0.05, 0.1) is 0 Å². The summed E-state index contributed by atoms with van der Waals surface area (Å²) in [7, 11) is 0. The van der Waals surface area contributed by atoms with Crippen LogP contribution < -0.4 is 5.32 Å². The van der Waals surface area contributed by atoms with E-state index in [1.54, 1.807) is 0 Å². The lowest BCUT2D eigenvalue weighted by molar-refractivity contribution is 0.113. The zero-order valence-corrected chi connectivity index (χ0v) is 12.8. The second-order valence-electron chi connectivity index (χ2n) is 7.48. The highest BCUT2D eigenvalue weighted by Crippen LogP contribution is 2.39. The van der Waals surface area contributed by atoms with Crippen molar-refractivity contribution in [2.75, 3.05) is 6.54 Å². The third kappa shape index (κ3) is 4.62. The van der Waals surface area contributed by atoms with Gasteiger partial charge in [-0.15, -0.1) is 0 Å². The first-order valence-electron chi connectivity index (χ1n) is 7.58. The molecule has 1 heteroatoms. The highest BCUT2D eigenvalue weighted by molar-refractivity contribution is 4.90. The van der Waals surface area contributed by atoms with Gasteiger partial charge < -0.3 is 5.32 Å². The zero-order chi connectivity index (χ0) is 13.1. The lowest BCUT2D eigenvalue weighted by Gasteiger charge is -2.43. The van der Waals surface area contributed by atoms with E-state index in [0.29, 0.717) is 11.5 Å². The third-order valence-electron chi connectivity index (χ3n) is 4.23. The maximum absolute atomic E-state index is 3.82. The Hall–Kier alpha value is -0.0400. The molecule has 0 aromatic carbocycles. The molecule has 3 unspecified atom stereocenters. The first-order valence-corrected chi connectivity index (χ1v) is 7.58. The van der Waals surface area contributed by atoms with Crippen molar-refractivity contribution in [1.82, 2.24) is 5.32 Å². The summed E-state index contributed by atoms with van der Waals surface area (Å²) in [6.45, 7) is 15.5. The fourth-order valence-electron chi connectivity index (χ4n) is 3.76.